The molecule has 5 heteroatoms. The molecule has 1 aliphatic carbocycles. The Balaban J connectivity index is 1.75. The predicted octanol–water partition coefficient (Wildman–Crippen LogP) is 1.15. The Labute approximate surface area is 128 Å². The molecule has 0 bridgehead atoms. The van der Waals surface area contributed by atoms with Gasteiger partial charge >= 0.3 is 0 Å². The van der Waals surface area contributed by atoms with Gasteiger partial charge in [0.1, 0.15) is 6.10 Å². The number of nitrogens with zero attached hydrogens (tertiary/aromatic N) is 1. The molecule has 0 spiro atoms. The van der Waals surface area contributed by atoms with Gasteiger partial charge < -0.3 is 20.1 Å². The van der Waals surface area contributed by atoms with Crippen molar-refractivity contribution in [3.63, 3.8) is 0 Å². The van der Waals surface area contributed by atoms with Crippen molar-refractivity contribution < 1.29 is 14.6 Å². The Morgan fingerprint density at radius 1 is 1.38 bits per heavy atom. The van der Waals surface area contributed by atoms with E-state index in [1.54, 1.807) is 0 Å². The van der Waals surface area contributed by atoms with Crippen LogP contribution < -0.4 is 5.32 Å². The quantitative estimate of drug-likeness (QED) is 0.740. The van der Waals surface area contributed by atoms with Crippen LogP contribution in [-0.4, -0.2) is 60.9 Å². The Bertz CT molecular complexity index is 331. The Hall–Kier alpha value is -0.650. The third-order valence-electron chi connectivity index (χ3n) is 4.72. The van der Waals surface area contributed by atoms with Crippen molar-refractivity contribution in [2.75, 3.05) is 26.7 Å². The van der Waals surface area contributed by atoms with Crippen molar-refractivity contribution in [3.05, 3.63) is 0 Å². The van der Waals surface area contributed by atoms with Gasteiger partial charge in [0.05, 0.1) is 18.8 Å². The van der Waals surface area contributed by atoms with Gasteiger partial charge in [-0.3, -0.25) is 4.79 Å². The van der Waals surface area contributed by atoms with Crippen LogP contribution in [0.2, 0.25) is 0 Å². The number of ether oxygens (including phenoxy) is 1. The van der Waals surface area contributed by atoms with Crippen LogP contribution in [0.25, 0.3) is 0 Å². The van der Waals surface area contributed by atoms with Gasteiger partial charge in [-0.15, -0.1) is 0 Å². The van der Waals surface area contributed by atoms with Crippen molar-refractivity contribution in [3.8, 4) is 0 Å². The van der Waals surface area contributed by atoms with Crippen molar-refractivity contribution in [1.29, 1.82) is 0 Å². The van der Waals surface area contributed by atoms with E-state index in [-0.39, 0.29) is 24.0 Å². The first-order chi connectivity index (χ1) is 10.1. The number of amides is 1. The number of aliphatic hydroxyl groups excluding tert-OH is 1. The lowest BCUT2D eigenvalue weighted by Gasteiger charge is -2.24. The Morgan fingerprint density at radius 2 is 2.10 bits per heavy atom. The number of aliphatic hydroxyl groups is 1. The van der Waals surface area contributed by atoms with E-state index in [9.17, 15) is 9.90 Å². The van der Waals surface area contributed by atoms with E-state index >= 15 is 0 Å². The minimum absolute atomic E-state index is 0.0973. The summed E-state index contributed by atoms with van der Waals surface area (Å²) in [5.74, 6) is 0.239. The minimum atomic E-state index is -0.598. The first kappa shape index (κ1) is 16.7. The smallest absolute Gasteiger partial charge is 0.223 e. The van der Waals surface area contributed by atoms with Gasteiger partial charge in [0, 0.05) is 12.5 Å². The number of unbranched alkanes of at least 4 members (excludes halogenated alkanes) is 1. The fourth-order valence-corrected chi connectivity index (χ4v) is 3.29. The number of rotatable bonds is 7. The van der Waals surface area contributed by atoms with Crippen LogP contribution in [-0.2, 0) is 9.53 Å². The molecule has 0 aromatic rings. The maximum Gasteiger partial charge on any atom is 0.223 e. The zero-order valence-electron chi connectivity index (χ0n) is 13.4. The van der Waals surface area contributed by atoms with Gasteiger partial charge in [-0.1, -0.05) is 26.2 Å². The zero-order chi connectivity index (χ0) is 15.2. The summed E-state index contributed by atoms with van der Waals surface area (Å²) in [4.78, 5) is 14.3. The van der Waals surface area contributed by atoms with Crippen LogP contribution >= 0.6 is 0 Å². The molecule has 0 aromatic carbocycles. The van der Waals surface area contributed by atoms with E-state index in [0.29, 0.717) is 6.61 Å². The highest BCUT2D eigenvalue weighted by molar-refractivity contribution is 5.79. The van der Waals surface area contributed by atoms with Gasteiger partial charge in [-0.25, -0.2) is 0 Å². The van der Waals surface area contributed by atoms with E-state index in [1.165, 1.54) is 6.42 Å². The molecule has 1 amide bonds. The van der Waals surface area contributed by atoms with E-state index in [1.807, 2.05) is 0 Å². The normalized spacial score (nSPS) is 30.2. The number of carbonyl (C=O) groups is 1. The monoisotopic (exact) mass is 298 g/mol. The van der Waals surface area contributed by atoms with E-state index < -0.39 is 6.10 Å². The second-order valence-electron chi connectivity index (χ2n) is 6.57. The van der Waals surface area contributed by atoms with Gasteiger partial charge in [0.25, 0.3) is 0 Å². The van der Waals surface area contributed by atoms with Crippen LogP contribution in [0.3, 0.4) is 0 Å². The molecule has 1 heterocycles. The van der Waals surface area contributed by atoms with Gasteiger partial charge in [0.15, 0.2) is 0 Å². The maximum absolute atomic E-state index is 12.1. The van der Waals surface area contributed by atoms with Crippen LogP contribution in [0, 0.1) is 5.92 Å². The Morgan fingerprint density at radius 3 is 2.76 bits per heavy atom. The Kier molecular flexibility index (Phi) is 6.45. The van der Waals surface area contributed by atoms with Crippen molar-refractivity contribution >= 4 is 5.91 Å². The second-order valence-corrected chi connectivity index (χ2v) is 6.57. The standard InChI is InChI=1S/C16H30N2O3/c1-3-4-9-18(2)10-14-15(19)13(11-21-14)17-16(20)12-7-5-6-8-12/h12-15,19H,3-11H2,1-2H3,(H,17,20)/t13-,14-,15+/m0/s1. The largest absolute Gasteiger partial charge is 0.388 e. The molecule has 0 radical (unpaired) electrons. The zero-order valence-corrected chi connectivity index (χ0v) is 13.4. The molecule has 3 atom stereocenters. The summed E-state index contributed by atoms with van der Waals surface area (Å²) in [5.41, 5.74) is 0. The molecule has 2 N–H and O–H groups in total. The lowest BCUT2D eigenvalue weighted by atomic mass is 10.0. The summed E-state index contributed by atoms with van der Waals surface area (Å²) in [5, 5.41) is 13.3. The topological polar surface area (TPSA) is 61.8 Å². The lowest BCUT2D eigenvalue weighted by Crippen LogP contribution is -2.47. The highest BCUT2D eigenvalue weighted by atomic mass is 16.5. The minimum Gasteiger partial charge on any atom is -0.388 e. The van der Waals surface area contributed by atoms with Gasteiger partial charge in [-0.05, 0) is 32.9 Å². The van der Waals surface area contributed by atoms with Crippen molar-refractivity contribution in [1.82, 2.24) is 10.2 Å². The summed E-state index contributed by atoms with van der Waals surface area (Å²) < 4.78 is 5.69. The molecule has 2 aliphatic rings. The SMILES string of the molecule is CCCCN(C)C[C@@H]1OC[C@H](NC(=O)C2CCCC2)[C@H]1O. The fourth-order valence-electron chi connectivity index (χ4n) is 3.29. The predicted molar refractivity (Wildman–Crippen MR) is 82.0 cm³/mol. The average molecular weight is 298 g/mol. The highest BCUT2D eigenvalue weighted by Gasteiger charge is 2.38. The molecule has 122 valence electrons. The van der Waals surface area contributed by atoms with Crippen molar-refractivity contribution in [2.45, 2.75) is 63.7 Å². The molecular weight excluding hydrogens is 268 g/mol. The second kappa shape index (κ2) is 8.11. The molecule has 1 saturated heterocycles. The van der Waals surface area contributed by atoms with Gasteiger partial charge in [0.2, 0.25) is 5.91 Å². The third-order valence-corrected chi connectivity index (χ3v) is 4.72. The number of nitrogens with one attached hydrogen (secondary N) is 1. The number of likely N-dealkylation sites (N-methyl/N-ethyl adjacent to an activating group) is 1. The number of carbonyl (C=O) groups excluding carboxylic acids is 1. The third kappa shape index (κ3) is 4.66. The van der Waals surface area contributed by atoms with Crippen LogP contribution in [0.5, 0.6) is 0 Å². The number of hydrogen-bond donors (Lipinski definition) is 2. The first-order valence-electron chi connectivity index (χ1n) is 8.40. The first-order valence-corrected chi connectivity index (χ1v) is 8.40. The molecule has 21 heavy (non-hydrogen) atoms. The van der Waals surface area contributed by atoms with E-state index in [0.717, 1.165) is 45.2 Å². The van der Waals surface area contributed by atoms with Crippen molar-refractivity contribution in [2.24, 2.45) is 5.92 Å². The molecule has 2 rings (SSSR count). The molecular formula is C16H30N2O3. The molecule has 0 unspecified atom stereocenters. The van der Waals surface area contributed by atoms with E-state index in [2.05, 4.69) is 24.2 Å². The maximum atomic E-state index is 12.1. The molecule has 2 fully saturated rings. The lowest BCUT2D eigenvalue weighted by molar-refractivity contribution is -0.126. The molecule has 5 nitrogen and oxygen atoms in total. The fraction of sp³-hybridized carbons (Fsp3) is 0.938. The summed E-state index contributed by atoms with van der Waals surface area (Å²) >= 11 is 0. The molecule has 1 saturated carbocycles. The van der Waals surface area contributed by atoms with Crippen LogP contribution in [0.4, 0.5) is 0 Å². The molecule has 1 aliphatic heterocycles. The highest BCUT2D eigenvalue weighted by Crippen LogP contribution is 2.25. The van der Waals surface area contributed by atoms with Crippen LogP contribution in [0.15, 0.2) is 0 Å². The van der Waals surface area contributed by atoms with E-state index in [4.69, 9.17) is 4.74 Å². The summed E-state index contributed by atoms with van der Waals surface area (Å²) in [6.45, 7) is 4.33. The number of hydrogen-bond acceptors (Lipinski definition) is 4. The summed E-state index contributed by atoms with van der Waals surface area (Å²) in [7, 11) is 2.05. The van der Waals surface area contributed by atoms with Crippen LogP contribution in [0.1, 0.15) is 45.4 Å². The summed E-state index contributed by atoms with van der Waals surface area (Å²) in [6, 6.07) is -0.248. The average Bonchev–Trinajstić information content (AvgIpc) is 3.10. The van der Waals surface area contributed by atoms with Gasteiger partial charge in [-0.2, -0.15) is 0 Å². The molecule has 0 aromatic heterocycles. The summed E-state index contributed by atoms with van der Waals surface area (Å²) in [6.07, 6.45) is 5.79.